The molecule has 0 radical (unpaired) electrons. The third-order valence-corrected chi connectivity index (χ3v) is 7.91. The third-order valence-electron chi connectivity index (χ3n) is 6.13. The van der Waals surface area contributed by atoms with Crippen molar-refractivity contribution in [1.82, 2.24) is 10.2 Å². The molecule has 214 valence electrons. The van der Waals surface area contributed by atoms with Crippen LogP contribution in [0.1, 0.15) is 26.3 Å². The highest BCUT2D eigenvalue weighted by Gasteiger charge is 2.32. The van der Waals surface area contributed by atoms with Crippen molar-refractivity contribution in [3.8, 4) is 11.5 Å². The molecule has 2 amide bonds. The minimum Gasteiger partial charge on any atom is -0.497 e. The largest absolute Gasteiger partial charge is 0.497 e. The number of amides is 2. The van der Waals surface area contributed by atoms with Crippen LogP contribution < -0.4 is 19.1 Å². The molecule has 0 aliphatic rings. The van der Waals surface area contributed by atoms with E-state index in [9.17, 15) is 22.4 Å². The number of nitrogens with one attached hydrogen (secondary N) is 1. The number of halogens is 1. The van der Waals surface area contributed by atoms with E-state index in [1.165, 1.54) is 55.5 Å². The van der Waals surface area contributed by atoms with Gasteiger partial charge in [-0.15, -0.1) is 0 Å². The van der Waals surface area contributed by atoms with Gasteiger partial charge in [-0.1, -0.05) is 12.1 Å². The molecule has 1 atom stereocenters. The second-order valence-corrected chi connectivity index (χ2v) is 11.2. The van der Waals surface area contributed by atoms with Crippen molar-refractivity contribution in [2.75, 3.05) is 25.1 Å². The van der Waals surface area contributed by atoms with Crippen molar-refractivity contribution in [3.63, 3.8) is 0 Å². The molecule has 0 aliphatic carbocycles. The number of carbonyl (C=O) groups excluding carboxylic acids is 2. The topological polar surface area (TPSA) is 105 Å². The van der Waals surface area contributed by atoms with Gasteiger partial charge in [-0.3, -0.25) is 13.9 Å². The van der Waals surface area contributed by atoms with Gasteiger partial charge in [-0.25, -0.2) is 12.8 Å². The van der Waals surface area contributed by atoms with E-state index < -0.39 is 40.2 Å². The van der Waals surface area contributed by atoms with Crippen molar-refractivity contribution in [1.29, 1.82) is 0 Å². The maximum absolute atomic E-state index is 13.9. The SMILES string of the molecule is COc1ccc(S(=O)(=O)N(CC(=O)N(Cc2cccc(OC)c2)[C@@H](C)C(=O)NC(C)C)c2ccc(F)cc2)cc1. The van der Waals surface area contributed by atoms with E-state index in [0.717, 1.165) is 16.4 Å². The van der Waals surface area contributed by atoms with E-state index in [-0.39, 0.29) is 23.2 Å². The lowest BCUT2D eigenvalue weighted by Gasteiger charge is -2.32. The molecular weight excluding hydrogens is 537 g/mol. The molecule has 0 heterocycles. The quantitative estimate of drug-likeness (QED) is 0.353. The van der Waals surface area contributed by atoms with E-state index in [2.05, 4.69) is 5.32 Å². The standard InChI is InChI=1S/C29H34FN3O6S/c1-20(2)31-29(35)21(3)32(18-22-7-6-8-26(17-22)39-5)28(34)19-33(24-11-9-23(30)10-12-24)40(36,37)27-15-13-25(38-4)14-16-27/h6-17,20-21H,18-19H2,1-5H3,(H,31,35)/t21-/m0/s1. The van der Waals surface area contributed by atoms with Crippen molar-refractivity contribution >= 4 is 27.5 Å². The van der Waals surface area contributed by atoms with Gasteiger partial charge in [0.25, 0.3) is 10.0 Å². The summed E-state index contributed by atoms with van der Waals surface area (Å²) in [6.45, 7) is 4.56. The molecule has 0 saturated carbocycles. The number of hydrogen-bond donors (Lipinski definition) is 1. The van der Waals surface area contributed by atoms with Crippen molar-refractivity contribution in [2.45, 2.75) is 44.3 Å². The second-order valence-electron chi connectivity index (χ2n) is 9.38. The first kappa shape index (κ1) is 30.4. The number of ether oxygens (including phenoxy) is 2. The van der Waals surface area contributed by atoms with E-state index >= 15 is 0 Å². The average Bonchev–Trinajstić information content (AvgIpc) is 2.94. The van der Waals surface area contributed by atoms with Gasteiger partial charge in [0.1, 0.15) is 29.9 Å². The summed E-state index contributed by atoms with van der Waals surface area (Å²) in [6.07, 6.45) is 0. The van der Waals surface area contributed by atoms with Crippen LogP contribution in [0.2, 0.25) is 0 Å². The van der Waals surface area contributed by atoms with Crippen molar-refractivity contribution < 1.29 is 31.9 Å². The highest BCUT2D eigenvalue weighted by molar-refractivity contribution is 7.92. The lowest BCUT2D eigenvalue weighted by Crippen LogP contribution is -2.52. The molecule has 0 spiro atoms. The lowest BCUT2D eigenvalue weighted by atomic mass is 10.1. The monoisotopic (exact) mass is 571 g/mol. The Kier molecular flexibility index (Phi) is 10.1. The van der Waals surface area contributed by atoms with Crippen LogP contribution in [0.25, 0.3) is 0 Å². The van der Waals surface area contributed by atoms with Crippen molar-refractivity contribution in [2.24, 2.45) is 0 Å². The lowest BCUT2D eigenvalue weighted by molar-refractivity contribution is -0.139. The Morgan fingerprint density at radius 2 is 1.52 bits per heavy atom. The molecule has 1 N–H and O–H groups in total. The molecule has 3 aromatic carbocycles. The zero-order valence-electron chi connectivity index (χ0n) is 23.1. The number of hydrogen-bond acceptors (Lipinski definition) is 6. The zero-order valence-corrected chi connectivity index (χ0v) is 23.9. The first-order valence-electron chi connectivity index (χ1n) is 12.6. The summed E-state index contributed by atoms with van der Waals surface area (Å²) < 4.78 is 52.6. The fourth-order valence-corrected chi connectivity index (χ4v) is 5.38. The van der Waals surface area contributed by atoms with Crippen LogP contribution >= 0.6 is 0 Å². The van der Waals surface area contributed by atoms with Crippen LogP contribution in [0, 0.1) is 5.82 Å². The molecule has 0 aliphatic heterocycles. The predicted octanol–water partition coefficient (Wildman–Crippen LogP) is 3.98. The summed E-state index contributed by atoms with van der Waals surface area (Å²) in [5, 5.41) is 2.80. The minimum absolute atomic E-state index is 0.0164. The van der Waals surface area contributed by atoms with Crippen LogP contribution in [0.4, 0.5) is 10.1 Å². The predicted molar refractivity (Wildman–Crippen MR) is 150 cm³/mol. The molecule has 9 nitrogen and oxygen atoms in total. The van der Waals surface area contributed by atoms with Crippen LogP contribution in [-0.4, -0.2) is 58.0 Å². The molecule has 0 saturated heterocycles. The number of sulfonamides is 1. The van der Waals surface area contributed by atoms with Gasteiger partial charge >= 0.3 is 0 Å². The Labute approximate surface area is 234 Å². The summed E-state index contributed by atoms with van der Waals surface area (Å²) >= 11 is 0. The van der Waals surface area contributed by atoms with Gasteiger partial charge in [0.05, 0.1) is 24.8 Å². The average molecular weight is 572 g/mol. The maximum Gasteiger partial charge on any atom is 0.264 e. The second kappa shape index (κ2) is 13.3. The molecule has 0 aromatic heterocycles. The minimum atomic E-state index is -4.28. The van der Waals surface area contributed by atoms with Crippen LogP contribution in [0.3, 0.4) is 0 Å². The smallest absolute Gasteiger partial charge is 0.264 e. The van der Waals surface area contributed by atoms with Crippen LogP contribution in [0.5, 0.6) is 11.5 Å². The van der Waals surface area contributed by atoms with E-state index in [0.29, 0.717) is 17.1 Å². The van der Waals surface area contributed by atoms with Gasteiger partial charge in [0.2, 0.25) is 11.8 Å². The fourth-order valence-electron chi connectivity index (χ4n) is 3.97. The highest BCUT2D eigenvalue weighted by Crippen LogP contribution is 2.26. The Hall–Kier alpha value is -4.12. The third kappa shape index (κ3) is 7.50. The Balaban J connectivity index is 2.03. The summed E-state index contributed by atoms with van der Waals surface area (Å²) in [5.41, 5.74) is 0.773. The van der Waals surface area contributed by atoms with E-state index in [4.69, 9.17) is 9.47 Å². The van der Waals surface area contributed by atoms with Gasteiger partial charge in [-0.2, -0.15) is 0 Å². The van der Waals surface area contributed by atoms with E-state index in [1.54, 1.807) is 45.0 Å². The molecule has 3 aromatic rings. The van der Waals surface area contributed by atoms with Gasteiger partial charge in [0, 0.05) is 12.6 Å². The fraction of sp³-hybridized carbons (Fsp3) is 0.310. The summed E-state index contributed by atoms with van der Waals surface area (Å²) in [5.74, 6) is -0.555. The molecule has 0 unspecified atom stereocenters. The van der Waals surface area contributed by atoms with Gasteiger partial charge in [0.15, 0.2) is 0 Å². The Bertz CT molecular complexity index is 1410. The highest BCUT2D eigenvalue weighted by atomic mass is 32.2. The molecular formula is C29H34FN3O6S. The van der Waals surface area contributed by atoms with Crippen LogP contribution in [0.15, 0.2) is 77.7 Å². The number of benzene rings is 3. The molecule has 11 heteroatoms. The number of carbonyl (C=O) groups is 2. The van der Waals surface area contributed by atoms with Gasteiger partial charge < -0.3 is 19.7 Å². The summed E-state index contributed by atoms with van der Waals surface area (Å²) in [4.78, 5) is 28.1. The first-order valence-corrected chi connectivity index (χ1v) is 14.1. The maximum atomic E-state index is 13.9. The Morgan fingerprint density at radius 3 is 2.10 bits per heavy atom. The zero-order chi connectivity index (χ0) is 29.4. The Morgan fingerprint density at radius 1 is 0.900 bits per heavy atom. The summed E-state index contributed by atoms with van der Waals surface area (Å²) in [7, 11) is -1.30. The number of nitrogens with zero attached hydrogens (tertiary/aromatic N) is 2. The van der Waals surface area contributed by atoms with Crippen molar-refractivity contribution in [3.05, 3.63) is 84.2 Å². The number of rotatable bonds is 12. The van der Waals surface area contributed by atoms with E-state index in [1.807, 2.05) is 0 Å². The number of methoxy groups -OCH3 is 2. The molecule has 0 bridgehead atoms. The molecule has 40 heavy (non-hydrogen) atoms. The van der Waals surface area contributed by atoms with Crippen LogP contribution in [-0.2, 0) is 26.2 Å². The molecule has 3 rings (SSSR count). The normalized spacial score (nSPS) is 12.0. The van der Waals surface area contributed by atoms with Gasteiger partial charge in [-0.05, 0) is 87.0 Å². The number of anilines is 1. The first-order chi connectivity index (χ1) is 19.0. The summed E-state index contributed by atoms with van der Waals surface area (Å²) in [6, 6.07) is 16.4. The molecule has 0 fully saturated rings.